The van der Waals surface area contributed by atoms with Crippen LogP contribution in [0.5, 0.6) is 0 Å². The zero-order valence-corrected chi connectivity index (χ0v) is 9.84. The van der Waals surface area contributed by atoms with Gasteiger partial charge in [0.1, 0.15) is 0 Å². The summed E-state index contributed by atoms with van der Waals surface area (Å²) in [6.07, 6.45) is 4.32. The van der Waals surface area contributed by atoms with Crippen molar-refractivity contribution < 1.29 is 0 Å². The summed E-state index contributed by atoms with van der Waals surface area (Å²) in [5.41, 5.74) is 2.50. The highest BCUT2D eigenvalue weighted by Gasteiger charge is 2.19. The third kappa shape index (κ3) is 2.11. The Morgan fingerprint density at radius 1 is 1.06 bits per heavy atom. The van der Waals surface area contributed by atoms with E-state index in [0.29, 0.717) is 5.92 Å². The number of benzene rings is 1. The van der Waals surface area contributed by atoms with Crippen LogP contribution in [0, 0.1) is 0 Å². The van der Waals surface area contributed by atoms with Crippen molar-refractivity contribution >= 4 is 0 Å². The number of aromatic nitrogens is 2. The summed E-state index contributed by atoms with van der Waals surface area (Å²) in [6.45, 7) is 2.23. The second kappa shape index (κ2) is 4.72. The quantitative estimate of drug-likeness (QED) is 0.853. The van der Waals surface area contributed by atoms with Crippen LogP contribution in [0.2, 0.25) is 0 Å². The van der Waals surface area contributed by atoms with E-state index in [4.69, 9.17) is 0 Å². The van der Waals surface area contributed by atoms with Crippen LogP contribution in [0.15, 0.2) is 42.6 Å². The van der Waals surface area contributed by atoms with Gasteiger partial charge in [0.05, 0.1) is 5.69 Å². The van der Waals surface area contributed by atoms with Crippen molar-refractivity contribution in [2.24, 2.45) is 0 Å². The van der Waals surface area contributed by atoms with Gasteiger partial charge in [0, 0.05) is 17.8 Å². The molecule has 1 aromatic heterocycles. The predicted molar refractivity (Wildman–Crippen MR) is 68.4 cm³/mol. The van der Waals surface area contributed by atoms with Gasteiger partial charge >= 0.3 is 0 Å². The van der Waals surface area contributed by atoms with E-state index in [9.17, 15) is 0 Å². The molecule has 17 heavy (non-hydrogen) atoms. The summed E-state index contributed by atoms with van der Waals surface area (Å²) in [5.74, 6) is 0.638. The maximum atomic E-state index is 4.46. The minimum atomic E-state index is 0.638. The molecule has 0 saturated carbocycles. The van der Waals surface area contributed by atoms with Gasteiger partial charge in [0.25, 0.3) is 0 Å². The fourth-order valence-electron chi connectivity index (χ4n) is 2.53. The van der Waals surface area contributed by atoms with Crippen LogP contribution in [0.1, 0.15) is 24.5 Å². The average molecular weight is 227 g/mol. The fraction of sp³-hybridized carbons (Fsp3) is 0.357. The summed E-state index contributed by atoms with van der Waals surface area (Å²) in [5, 5.41) is 7.86. The molecule has 0 amide bonds. The van der Waals surface area contributed by atoms with Gasteiger partial charge in [-0.15, -0.1) is 0 Å². The van der Waals surface area contributed by atoms with E-state index in [2.05, 4.69) is 45.4 Å². The van der Waals surface area contributed by atoms with E-state index in [-0.39, 0.29) is 0 Å². The van der Waals surface area contributed by atoms with Crippen LogP contribution >= 0.6 is 0 Å². The second-order valence-corrected chi connectivity index (χ2v) is 4.53. The normalized spacial score (nSPS) is 17.2. The first kappa shape index (κ1) is 10.5. The summed E-state index contributed by atoms with van der Waals surface area (Å²) in [4.78, 5) is 0. The lowest BCUT2D eigenvalue weighted by Crippen LogP contribution is -2.27. The minimum Gasteiger partial charge on any atom is -0.317 e. The number of nitrogens with zero attached hydrogens (tertiary/aromatic N) is 2. The van der Waals surface area contributed by atoms with Crippen molar-refractivity contribution in [1.82, 2.24) is 15.1 Å². The molecule has 0 aliphatic carbocycles. The first-order valence-electron chi connectivity index (χ1n) is 6.25. The zero-order chi connectivity index (χ0) is 11.5. The number of hydrogen-bond donors (Lipinski definition) is 1. The molecule has 1 N–H and O–H groups in total. The molecule has 1 fully saturated rings. The highest BCUT2D eigenvalue weighted by Crippen LogP contribution is 2.26. The SMILES string of the molecule is c1ccc(-n2nccc2C2CCNCC2)cc1. The van der Waals surface area contributed by atoms with Crippen LogP contribution < -0.4 is 5.32 Å². The Morgan fingerprint density at radius 2 is 1.82 bits per heavy atom. The second-order valence-electron chi connectivity index (χ2n) is 4.53. The average Bonchev–Trinajstić information content (AvgIpc) is 2.90. The fourth-order valence-corrected chi connectivity index (χ4v) is 2.53. The number of piperidine rings is 1. The molecule has 1 saturated heterocycles. The molecule has 0 atom stereocenters. The van der Waals surface area contributed by atoms with Crippen molar-refractivity contribution in [3.05, 3.63) is 48.3 Å². The first-order valence-corrected chi connectivity index (χ1v) is 6.25. The molecule has 2 aromatic rings. The maximum Gasteiger partial charge on any atom is 0.0648 e. The highest BCUT2D eigenvalue weighted by atomic mass is 15.3. The molecule has 3 nitrogen and oxygen atoms in total. The van der Waals surface area contributed by atoms with Crippen LogP contribution in [0.25, 0.3) is 5.69 Å². The number of para-hydroxylation sites is 1. The maximum absolute atomic E-state index is 4.46. The number of rotatable bonds is 2. The van der Waals surface area contributed by atoms with Crippen molar-refractivity contribution in [1.29, 1.82) is 0 Å². The van der Waals surface area contributed by atoms with E-state index < -0.39 is 0 Å². The molecule has 0 unspecified atom stereocenters. The molecule has 1 aliphatic heterocycles. The molecule has 0 spiro atoms. The third-order valence-corrected chi connectivity index (χ3v) is 3.43. The predicted octanol–water partition coefficient (Wildman–Crippen LogP) is 2.34. The summed E-state index contributed by atoms with van der Waals surface area (Å²) in [7, 11) is 0. The van der Waals surface area contributed by atoms with E-state index >= 15 is 0 Å². The number of nitrogens with one attached hydrogen (secondary N) is 1. The topological polar surface area (TPSA) is 29.9 Å². The van der Waals surface area contributed by atoms with Gasteiger partial charge in [0.2, 0.25) is 0 Å². The molecular formula is C14H17N3. The van der Waals surface area contributed by atoms with E-state index in [1.165, 1.54) is 18.5 Å². The van der Waals surface area contributed by atoms with Gasteiger partial charge in [-0.1, -0.05) is 18.2 Å². The Kier molecular flexibility index (Phi) is 2.92. The minimum absolute atomic E-state index is 0.638. The Bertz CT molecular complexity index is 469. The van der Waals surface area contributed by atoms with Gasteiger partial charge in [-0.2, -0.15) is 5.10 Å². The van der Waals surface area contributed by atoms with Gasteiger partial charge < -0.3 is 5.32 Å². The summed E-state index contributed by atoms with van der Waals surface area (Å²) in [6, 6.07) is 12.5. The Morgan fingerprint density at radius 3 is 2.59 bits per heavy atom. The highest BCUT2D eigenvalue weighted by molar-refractivity contribution is 5.33. The molecule has 88 valence electrons. The zero-order valence-electron chi connectivity index (χ0n) is 9.84. The van der Waals surface area contributed by atoms with Crippen LogP contribution in [-0.4, -0.2) is 22.9 Å². The third-order valence-electron chi connectivity index (χ3n) is 3.43. The molecule has 1 aliphatic rings. The smallest absolute Gasteiger partial charge is 0.0648 e. The van der Waals surface area contributed by atoms with Crippen molar-refractivity contribution in [2.45, 2.75) is 18.8 Å². The van der Waals surface area contributed by atoms with Crippen molar-refractivity contribution in [3.63, 3.8) is 0 Å². The van der Waals surface area contributed by atoms with Crippen molar-refractivity contribution in [2.75, 3.05) is 13.1 Å². The van der Waals surface area contributed by atoms with Gasteiger partial charge in [-0.3, -0.25) is 0 Å². The van der Waals surface area contributed by atoms with Crippen LogP contribution in [0.4, 0.5) is 0 Å². The standard InChI is InChI=1S/C14H17N3/c1-2-4-13(5-3-1)17-14(8-11-16-17)12-6-9-15-10-7-12/h1-5,8,11-12,15H,6-7,9-10H2. The molecule has 3 rings (SSSR count). The van der Waals surface area contributed by atoms with Gasteiger partial charge in [-0.25, -0.2) is 4.68 Å². The monoisotopic (exact) mass is 227 g/mol. The molecule has 0 radical (unpaired) electrons. The van der Waals surface area contributed by atoms with Crippen LogP contribution in [0.3, 0.4) is 0 Å². The Hall–Kier alpha value is -1.61. The summed E-state index contributed by atoms with van der Waals surface area (Å²) >= 11 is 0. The lowest BCUT2D eigenvalue weighted by atomic mass is 9.94. The van der Waals surface area contributed by atoms with Gasteiger partial charge in [0.15, 0.2) is 0 Å². The molecular weight excluding hydrogens is 210 g/mol. The first-order chi connectivity index (χ1) is 8.45. The number of hydrogen-bond acceptors (Lipinski definition) is 2. The lowest BCUT2D eigenvalue weighted by Gasteiger charge is -2.23. The molecule has 1 aromatic carbocycles. The van der Waals surface area contributed by atoms with Gasteiger partial charge in [-0.05, 0) is 44.1 Å². The Labute approximate surface area is 101 Å². The Balaban J connectivity index is 1.93. The largest absolute Gasteiger partial charge is 0.317 e. The van der Waals surface area contributed by atoms with Crippen molar-refractivity contribution in [3.8, 4) is 5.69 Å². The molecule has 2 heterocycles. The molecule has 0 bridgehead atoms. The lowest BCUT2D eigenvalue weighted by molar-refractivity contribution is 0.446. The van der Waals surface area contributed by atoms with E-state index in [0.717, 1.165) is 18.8 Å². The molecule has 3 heteroatoms. The van der Waals surface area contributed by atoms with E-state index in [1.54, 1.807) is 0 Å². The summed E-state index contributed by atoms with van der Waals surface area (Å²) < 4.78 is 2.08. The van der Waals surface area contributed by atoms with E-state index in [1.807, 2.05) is 12.3 Å². The van der Waals surface area contributed by atoms with Crippen LogP contribution in [-0.2, 0) is 0 Å².